The number of fused-ring (bicyclic) bond motifs is 1. The van der Waals surface area contributed by atoms with E-state index in [1.165, 1.54) is 23.7 Å². The lowest BCUT2D eigenvalue weighted by molar-refractivity contribution is -0.158. The predicted molar refractivity (Wildman–Crippen MR) is 101 cm³/mol. The lowest BCUT2D eigenvalue weighted by atomic mass is 10.0. The molecule has 0 bridgehead atoms. The molecule has 0 spiro atoms. The van der Waals surface area contributed by atoms with Gasteiger partial charge >= 0.3 is 12.1 Å². The number of hydrogen-bond acceptors (Lipinski definition) is 8. The van der Waals surface area contributed by atoms with Crippen LogP contribution in [0.2, 0.25) is 0 Å². The summed E-state index contributed by atoms with van der Waals surface area (Å²) in [6, 6.07) is -0.695. The zero-order valence-electron chi connectivity index (χ0n) is 16.1. The van der Waals surface area contributed by atoms with Crippen LogP contribution in [0, 0.1) is 0 Å². The Morgan fingerprint density at radius 1 is 1.34 bits per heavy atom. The molecule has 0 aliphatic carbocycles. The standard InChI is InChI=1S/C16H20F3N5O3S2/c1-15(2,3)27-12(26)9-7(5-28-11-8(20)10(25)24(9)11)6-29-14-22-21-13(23(14)4)16(17,18)19/h8,11H,5-6,20H2,1-4H3/t8?,11-/m0/s1. The molecule has 8 nitrogen and oxygen atoms in total. The largest absolute Gasteiger partial charge is 0.455 e. The van der Waals surface area contributed by atoms with Gasteiger partial charge in [0.15, 0.2) is 5.16 Å². The molecule has 13 heteroatoms. The lowest BCUT2D eigenvalue weighted by Crippen LogP contribution is -2.68. The number of carbonyl (C=O) groups is 2. The molecule has 0 radical (unpaired) electrons. The molecule has 160 valence electrons. The number of aromatic nitrogens is 3. The monoisotopic (exact) mass is 451 g/mol. The highest BCUT2D eigenvalue weighted by molar-refractivity contribution is 8.01. The Morgan fingerprint density at radius 3 is 2.55 bits per heavy atom. The maximum absolute atomic E-state index is 12.9. The van der Waals surface area contributed by atoms with Crippen molar-refractivity contribution in [2.24, 2.45) is 12.8 Å². The molecule has 1 amide bonds. The topological polar surface area (TPSA) is 103 Å². The van der Waals surface area contributed by atoms with Gasteiger partial charge in [-0.2, -0.15) is 13.2 Å². The SMILES string of the molecule is Cn1c(SCC2=C(C(=O)OC(C)(C)C)N3C(=O)C(N)[C@@H]3SC2)nnc1C(F)(F)F. The summed E-state index contributed by atoms with van der Waals surface area (Å²) in [6.45, 7) is 5.12. The minimum Gasteiger partial charge on any atom is -0.455 e. The van der Waals surface area contributed by atoms with Crippen molar-refractivity contribution in [2.75, 3.05) is 11.5 Å². The van der Waals surface area contributed by atoms with Crippen LogP contribution >= 0.6 is 23.5 Å². The summed E-state index contributed by atoms with van der Waals surface area (Å²) in [5.41, 5.74) is 5.73. The highest BCUT2D eigenvalue weighted by atomic mass is 32.2. The molecule has 2 atom stereocenters. The molecule has 3 heterocycles. The van der Waals surface area contributed by atoms with Crippen LogP contribution in [-0.2, 0) is 27.5 Å². The van der Waals surface area contributed by atoms with Gasteiger partial charge in [-0.3, -0.25) is 9.69 Å². The summed E-state index contributed by atoms with van der Waals surface area (Å²) < 4.78 is 45.0. The molecule has 1 saturated heterocycles. The number of thioether (sulfide) groups is 2. The number of β-lactam (4-membered cyclic amide) rings is 1. The first kappa shape index (κ1) is 22.0. The minimum atomic E-state index is -4.62. The van der Waals surface area contributed by atoms with Gasteiger partial charge in [-0.1, -0.05) is 11.8 Å². The van der Waals surface area contributed by atoms with Gasteiger partial charge in [-0.25, -0.2) is 4.79 Å². The summed E-state index contributed by atoms with van der Waals surface area (Å²) in [5, 5.41) is 6.46. The highest BCUT2D eigenvalue weighted by Crippen LogP contribution is 2.41. The Kier molecular flexibility index (Phi) is 5.69. The summed E-state index contributed by atoms with van der Waals surface area (Å²) in [6.07, 6.45) is -4.62. The van der Waals surface area contributed by atoms with Crippen LogP contribution in [0.4, 0.5) is 13.2 Å². The molecule has 2 aliphatic rings. The summed E-state index contributed by atoms with van der Waals surface area (Å²) in [5.74, 6) is -1.61. The average Bonchev–Trinajstić information content (AvgIpc) is 2.97. The first-order chi connectivity index (χ1) is 13.3. The zero-order valence-corrected chi connectivity index (χ0v) is 17.7. The van der Waals surface area contributed by atoms with Crippen molar-refractivity contribution in [3.05, 3.63) is 17.1 Å². The summed E-state index contributed by atoms with van der Waals surface area (Å²) in [4.78, 5) is 26.3. The third-order valence-electron chi connectivity index (χ3n) is 4.14. The van der Waals surface area contributed by atoms with Crippen molar-refractivity contribution in [3.63, 3.8) is 0 Å². The first-order valence-electron chi connectivity index (χ1n) is 8.56. The summed E-state index contributed by atoms with van der Waals surface area (Å²) in [7, 11) is 1.22. The second-order valence-electron chi connectivity index (χ2n) is 7.54. The number of rotatable bonds is 4. The smallest absolute Gasteiger partial charge is 0.451 e. The molecule has 1 aromatic heterocycles. The molecule has 29 heavy (non-hydrogen) atoms. The molecule has 2 aliphatic heterocycles. The van der Waals surface area contributed by atoms with Crippen LogP contribution < -0.4 is 5.73 Å². The number of ether oxygens (including phenoxy) is 1. The molecule has 1 aromatic rings. The number of hydrogen-bond donors (Lipinski definition) is 1. The van der Waals surface area contributed by atoms with Gasteiger partial charge in [0.25, 0.3) is 0 Å². The molecule has 1 unspecified atom stereocenters. The highest BCUT2D eigenvalue weighted by Gasteiger charge is 2.52. The van der Waals surface area contributed by atoms with E-state index in [1.807, 2.05) is 0 Å². The zero-order chi connectivity index (χ0) is 21.7. The van der Waals surface area contributed by atoms with Gasteiger partial charge in [0.1, 0.15) is 22.7 Å². The first-order valence-corrected chi connectivity index (χ1v) is 10.6. The molecule has 1 fully saturated rings. The van der Waals surface area contributed by atoms with E-state index < -0.39 is 29.6 Å². The quantitative estimate of drug-likeness (QED) is 0.420. The van der Waals surface area contributed by atoms with E-state index in [-0.39, 0.29) is 27.9 Å². The number of halogens is 3. The number of alkyl halides is 3. The van der Waals surface area contributed by atoms with E-state index >= 15 is 0 Å². The number of nitrogens with two attached hydrogens (primary N) is 1. The number of nitrogens with zero attached hydrogens (tertiary/aromatic N) is 4. The molecule has 2 N–H and O–H groups in total. The third kappa shape index (κ3) is 4.26. The number of carbonyl (C=O) groups excluding carboxylic acids is 2. The van der Waals surface area contributed by atoms with E-state index in [2.05, 4.69) is 10.2 Å². The van der Waals surface area contributed by atoms with E-state index in [9.17, 15) is 22.8 Å². The second kappa shape index (κ2) is 7.51. The van der Waals surface area contributed by atoms with Crippen LogP contribution in [0.15, 0.2) is 16.4 Å². The van der Waals surface area contributed by atoms with Gasteiger partial charge in [0, 0.05) is 18.6 Å². The van der Waals surface area contributed by atoms with Crippen LogP contribution in [0.25, 0.3) is 0 Å². The average molecular weight is 451 g/mol. The fourth-order valence-corrected chi connectivity index (χ4v) is 5.19. The van der Waals surface area contributed by atoms with Crippen LogP contribution in [0.5, 0.6) is 0 Å². The fraction of sp³-hybridized carbons (Fsp3) is 0.625. The van der Waals surface area contributed by atoms with Gasteiger partial charge in [0.05, 0.1) is 0 Å². The maximum Gasteiger partial charge on any atom is 0.451 e. The van der Waals surface area contributed by atoms with Gasteiger partial charge in [-0.05, 0) is 26.3 Å². The summed E-state index contributed by atoms with van der Waals surface area (Å²) >= 11 is 2.40. The Bertz CT molecular complexity index is 878. The van der Waals surface area contributed by atoms with Crippen LogP contribution in [-0.4, -0.2) is 60.1 Å². The fourth-order valence-electron chi connectivity index (χ4n) is 2.85. The van der Waals surface area contributed by atoms with Crippen molar-refractivity contribution < 1.29 is 27.5 Å². The van der Waals surface area contributed by atoms with Crippen molar-refractivity contribution >= 4 is 35.4 Å². The van der Waals surface area contributed by atoms with E-state index in [1.54, 1.807) is 20.8 Å². The van der Waals surface area contributed by atoms with Crippen molar-refractivity contribution in [2.45, 2.75) is 49.1 Å². The molecule has 0 saturated carbocycles. The minimum absolute atomic E-state index is 0.0483. The van der Waals surface area contributed by atoms with Crippen LogP contribution in [0.3, 0.4) is 0 Å². The van der Waals surface area contributed by atoms with Crippen molar-refractivity contribution in [3.8, 4) is 0 Å². The Hall–Kier alpha value is -1.73. The van der Waals surface area contributed by atoms with E-state index in [0.29, 0.717) is 11.3 Å². The van der Waals surface area contributed by atoms with Gasteiger partial charge in [-0.15, -0.1) is 22.0 Å². The predicted octanol–water partition coefficient (Wildman–Crippen LogP) is 1.76. The molecular formula is C16H20F3N5O3S2. The lowest BCUT2D eigenvalue weighted by Gasteiger charge is -2.48. The third-order valence-corrected chi connectivity index (χ3v) is 6.61. The second-order valence-corrected chi connectivity index (χ2v) is 9.59. The number of esters is 1. The molecular weight excluding hydrogens is 431 g/mol. The normalized spacial score (nSPS) is 22.5. The van der Waals surface area contributed by atoms with Crippen molar-refractivity contribution in [1.82, 2.24) is 19.7 Å². The Labute approximate surface area is 173 Å². The maximum atomic E-state index is 12.9. The van der Waals surface area contributed by atoms with E-state index in [4.69, 9.17) is 10.5 Å². The number of amides is 1. The van der Waals surface area contributed by atoms with Gasteiger partial charge < -0.3 is 15.0 Å². The van der Waals surface area contributed by atoms with E-state index in [0.717, 1.165) is 16.3 Å². The molecule has 3 rings (SSSR count). The molecule has 0 aromatic carbocycles. The van der Waals surface area contributed by atoms with Crippen molar-refractivity contribution in [1.29, 1.82) is 0 Å². The Morgan fingerprint density at radius 2 is 2.00 bits per heavy atom. The van der Waals surface area contributed by atoms with Gasteiger partial charge in [0.2, 0.25) is 11.7 Å². The Balaban J connectivity index is 1.87. The van der Waals surface area contributed by atoms with Crippen LogP contribution in [0.1, 0.15) is 26.6 Å².